The number of aryl methyl sites for hydroxylation is 1. The summed E-state index contributed by atoms with van der Waals surface area (Å²) in [6, 6.07) is 13.8. The molecule has 0 bridgehead atoms. The third kappa shape index (κ3) is 4.42. The fourth-order valence-corrected chi connectivity index (χ4v) is 4.41. The van der Waals surface area contributed by atoms with E-state index in [0.717, 1.165) is 48.2 Å². The van der Waals surface area contributed by atoms with E-state index in [1.165, 1.54) is 12.1 Å². The normalized spacial score (nSPS) is 16.3. The molecule has 1 N–H and O–H groups in total. The molecule has 4 aromatic rings. The molecule has 0 radical (unpaired) electrons. The number of H-pyrrole nitrogens is 1. The Hall–Kier alpha value is -3.43. The van der Waals surface area contributed by atoms with Gasteiger partial charge in [0.15, 0.2) is 5.82 Å². The van der Waals surface area contributed by atoms with Gasteiger partial charge in [-0.15, -0.1) is 5.10 Å². The third-order valence-electron chi connectivity index (χ3n) is 6.28. The van der Waals surface area contributed by atoms with Crippen molar-refractivity contribution in [2.45, 2.75) is 19.5 Å². The highest BCUT2D eigenvalue weighted by Crippen LogP contribution is 2.28. The number of likely N-dealkylation sites (N-methyl/N-ethyl adjacent to an activating group) is 1. The van der Waals surface area contributed by atoms with Crippen molar-refractivity contribution in [1.82, 2.24) is 35.0 Å². The number of halogens is 1. The molecule has 2 aromatic carbocycles. The number of fused-ring (bicyclic) bond motifs is 1. The van der Waals surface area contributed by atoms with Gasteiger partial charge in [-0.3, -0.25) is 9.69 Å². The molecule has 1 saturated heterocycles. The van der Waals surface area contributed by atoms with E-state index in [-0.39, 0.29) is 11.4 Å². The Morgan fingerprint density at radius 1 is 1.06 bits per heavy atom. The summed E-state index contributed by atoms with van der Waals surface area (Å²) >= 11 is 0. The Labute approximate surface area is 190 Å². The van der Waals surface area contributed by atoms with Crippen molar-refractivity contribution in [1.29, 1.82) is 0 Å². The van der Waals surface area contributed by atoms with Gasteiger partial charge in [-0.2, -0.15) is 0 Å². The van der Waals surface area contributed by atoms with Crippen molar-refractivity contribution in [3.8, 4) is 0 Å². The van der Waals surface area contributed by atoms with Gasteiger partial charge in [0, 0.05) is 37.3 Å². The molecule has 5 rings (SSSR count). The summed E-state index contributed by atoms with van der Waals surface area (Å²) in [4.78, 5) is 20.8. The third-order valence-corrected chi connectivity index (χ3v) is 6.28. The van der Waals surface area contributed by atoms with Crippen molar-refractivity contribution in [3.05, 3.63) is 87.2 Å². The molecule has 170 valence electrons. The molecule has 0 amide bonds. The van der Waals surface area contributed by atoms with Crippen LogP contribution in [0.25, 0.3) is 10.9 Å². The smallest absolute Gasteiger partial charge is 0.253 e. The summed E-state index contributed by atoms with van der Waals surface area (Å²) in [6.45, 7) is 5.77. The number of rotatable bonds is 5. The number of aromatic nitrogens is 5. The summed E-state index contributed by atoms with van der Waals surface area (Å²) in [5.41, 5.74) is 3.28. The zero-order chi connectivity index (χ0) is 22.9. The molecule has 1 aliphatic rings. The van der Waals surface area contributed by atoms with E-state index in [9.17, 15) is 9.18 Å². The standard InChI is InChI=1S/C24H26FN7O/c1-16-3-8-21-18(13-16)14-20(24(33)26-21)22(31-11-9-30(2)10-12-31)23-27-28-29-32(23)15-17-4-6-19(25)7-5-17/h3-8,13-14,22H,9-12,15H2,1-2H3,(H,26,33)/t22-/m0/s1. The number of pyridine rings is 1. The van der Waals surface area contributed by atoms with Crippen LogP contribution in [0.1, 0.15) is 28.6 Å². The number of nitrogens with zero attached hydrogens (tertiary/aromatic N) is 6. The Bertz CT molecular complexity index is 1320. The molecular weight excluding hydrogens is 421 g/mol. The fraction of sp³-hybridized carbons (Fsp3) is 0.333. The number of hydrogen-bond donors (Lipinski definition) is 1. The molecule has 0 aliphatic carbocycles. The van der Waals surface area contributed by atoms with Crippen LogP contribution >= 0.6 is 0 Å². The van der Waals surface area contributed by atoms with Crippen LogP contribution < -0.4 is 5.56 Å². The van der Waals surface area contributed by atoms with Crippen molar-refractivity contribution < 1.29 is 4.39 Å². The van der Waals surface area contributed by atoms with Crippen molar-refractivity contribution in [2.24, 2.45) is 0 Å². The first-order valence-corrected chi connectivity index (χ1v) is 11.0. The lowest BCUT2D eigenvalue weighted by Crippen LogP contribution is -2.47. The van der Waals surface area contributed by atoms with E-state index in [4.69, 9.17) is 0 Å². The zero-order valence-corrected chi connectivity index (χ0v) is 18.7. The van der Waals surface area contributed by atoms with Gasteiger partial charge in [0.25, 0.3) is 5.56 Å². The SMILES string of the molecule is Cc1ccc2[nH]c(=O)c([C@@H](c3nnnn3Cc3ccc(F)cc3)N3CCN(C)CC3)cc2c1. The van der Waals surface area contributed by atoms with E-state index in [0.29, 0.717) is 17.9 Å². The van der Waals surface area contributed by atoms with E-state index < -0.39 is 6.04 Å². The maximum absolute atomic E-state index is 13.4. The van der Waals surface area contributed by atoms with Gasteiger partial charge < -0.3 is 9.88 Å². The molecule has 0 spiro atoms. The van der Waals surface area contributed by atoms with Crippen molar-refractivity contribution >= 4 is 10.9 Å². The number of hydrogen-bond acceptors (Lipinski definition) is 6. The number of aromatic amines is 1. The fourth-order valence-electron chi connectivity index (χ4n) is 4.41. The number of piperazine rings is 1. The first-order chi connectivity index (χ1) is 16.0. The minimum atomic E-state index is -0.400. The monoisotopic (exact) mass is 447 g/mol. The lowest BCUT2D eigenvalue weighted by Gasteiger charge is -2.37. The van der Waals surface area contributed by atoms with Gasteiger partial charge in [-0.05, 0) is 65.7 Å². The highest BCUT2D eigenvalue weighted by atomic mass is 19.1. The van der Waals surface area contributed by atoms with Crippen LogP contribution in [-0.4, -0.2) is 68.2 Å². The van der Waals surface area contributed by atoms with Crippen molar-refractivity contribution in [3.63, 3.8) is 0 Å². The van der Waals surface area contributed by atoms with E-state index in [2.05, 4.69) is 43.4 Å². The minimum Gasteiger partial charge on any atom is -0.322 e. The highest BCUT2D eigenvalue weighted by Gasteiger charge is 2.32. The van der Waals surface area contributed by atoms with Crippen molar-refractivity contribution in [2.75, 3.05) is 33.2 Å². The molecule has 0 unspecified atom stereocenters. The summed E-state index contributed by atoms with van der Waals surface area (Å²) in [5.74, 6) is 0.311. The predicted molar refractivity (Wildman–Crippen MR) is 124 cm³/mol. The zero-order valence-electron chi connectivity index (χ0n) is 18.7. The number of nitrogens with one attached hydrogen (secondary N) is 1. The minimum absolute atomic E-state index is 0.147. The molecule has 1 atom stereocenters. The lowest BCUT2D eigenvalue weighted by atomic mass is 10.0. The topological polar surface area (TPSA) is 82.9 Å². The molecule has 8 nitrogen and oxygen atoms in total. The first-order valence-electron chi connectivity index (χ1n) is 11.0. The van der Waals surface area contributed by atoms with E-state index >= 15 is 0 Å². The number of benzene rings is 2. The molecule has 9 heteroatoms. The van der Waals surface area contributed by atoms with Gasteiger partial charge in [0.1, 0.15) is 11.9 Å². The van der Waals surface area contributed by atoms with Gasteiger partial charge in [-0.25, -0.2) is 9.07 Å². The average Bonchev–Trinajstić information content (AvgIpc) is 3.25. The van der Waals surface area contributed by atoms with Crippen LogP contribution in [0.5, 0.6) is 0 Å². The van der Waals surface area contributed by atoms with Crippen LogP contribution in [0.15, 0.2) is 53.3 Å². The van der Waals surface area contributed by atoms with Crippen LogP contribution in [0.4, 0.5) is 4.39 Å². The van der Waals surface area contributed by atoms with Crippen LogP contribution in [0.2, 0.25) is 0 Å². The quantitative estimate of drug-likeness (QED) is 0.506. The maximum Gasteiger partial charge on any atom is 0.253 e. The predicted octanol–water partition coefficient (Wildman–Crippen LogP) is 2.35. The molecular formula is C24H26FN7O. The average molecular weight is 448 g/mol. The largest absolute Gasteiger partial charge is 0.322 e. The summed E-state index contributed by atoms with van der Waals surface area (Å²) < 4.78 is 15.1. The van der Waals surface area contributed by atoms with E-state index in [1.807, 2.05) is 25.1 Å². The highest BCUT2D eigenvalue weighted by molar-refractivity contribution is 5.79. The van der Waals surface area contributed by atoms with Gasteiger partial charge in [0.05, 0.1) is 6.54 Å². The summed E-state index contributed by atoms with van der Waals surface area (Å²) in [7, 11) is 2.09. The Morgan fingerprint density at radius 2 is 1.82 bits per heavy atom. The van der Waals surface area contributed by atoms with Crippen LogP contribution in [-0.2, 0) is 6.54 Å². The molecule has 1 fully saturated rings. The molecule has 33 heavy (non-hydrogen) atoms. The molecule has 0 saturated carbocycles. The Balaban J connectivity index is 1.60. The second kappa shape index (κ2) is 8.84. The molecule has 1 aliphatic heterocycles. The maximum atomic E-state index is 13.4. The van der Waals surface area contributed by atoms with Crippen LogP contribution in [0.3, 0.4) is 0 Å². The van der Waals surface area contributed by atoms with Gasteiger partial charge in [-0.1, -0.05) is 23.8 Å². The molecule has 3 heterocycles. The summed E-state index contributed by atoms with van der Waals surface area (Å²) in [6.07, 6.45) is 0. The number of tetrazole rings is 1. The Kier molecular flexibility index (Phi) is 5.74. The Morgan fingerprint density at radius 3 is 2.58 bits per heavy atom. The van der Waals surface area contributed by atoms with Gasteiger partial charge in [0.2, 0.25) is 0 Å². The second-order valence-electron chi connectivity index (χ2n) is 8.71. The second-order valence-corrected chi connectivity index (χ2v) is 8.71. The first kappa shape index (κ1) is 21.4. The van der Waals surface area contributed by atoms with Gasteiger partial charge >= 0.3 is 0 Å². The van der Waals surface area contributed by atoms with E-state index in [1.54, 1.807) is 16.8 Å². The lowest BCUT2D eigenvalue weighted by molar-refractivity contribution is 0.121. The van der Waals surface area contributed by atoms with Crippen LogP contribution in [0, 0.1) is 12.7 Å². The molecule has 2 aromatic heterocycles. The summed E-state index contributed by atoms with van der Waals surface area (Å²) in [5, 5.41) is 13.5.